The maximum Gasteiger partial charge on any atom is 0.319 e. The number of carbonyl (C=O) groups excluding carboxylic acids is 1. The number of hydrogen-bond acceptors (Lipinski definition) is 11. The van der Waals surface area contributed by atoms with E-state index >= 15 is 13.2 Å². The Balaban J connectivity index is 0.688. The molecule has 7 aliphatic rings. The van der Waals surface area contributed by atoms with Crippen LogP contribution in [0.5, 0.6) is 11.8 Å². The second-order valence-electron chi connectivity index (χ2n) is 22.3. The fourth-order valence-corrected chi connectivity index (χ4v) is 13.5. The highest BCUT2D eigenvalue weighted by Gasteiger charge is 2.51. The molecule has 1 spiro atoms. The average molecular weight is 939 g/mol. The number of aldehydes is 1. The maximum atomic E-state index is 17.1. The van der Waals surface area contributed by atoms with Crippen LogP contribution in [0.4, 0.5) is 24.7 Å². The normalized spacial score (nSPS) is 26.7. The number of terminal acetylenes is 1. The van der Waals surface area contributed by atoms with Crippen LogP contribution in [0.1, 0.15) is 101 Å². The van der Waals surface area contributed by atoms with E-state index in [9.17, 15) is 9.90 Å². The zero-order chi connectivity index (χ0) is 47.2. The Morgan fingerprint density at radius 1 is 0.928 bits per heavy atom. The summed E-state index contributed by atoms with van der Waals surface area (Å²) >= 11 is 0. The van der Waals surface area contributed by atoms with Crippen molar-refractivity contribution in [2.24, 2.45) is 16.7 Å². The van der Waals surface area contributed by atoms with Crippen molar-refractivity contribution in [3.05, 3.63) is 77.2 Å². The van der Waals surface area contributed by atoms with Crippen LogP contribution >= 0.6 is 0 Å². The first kappa shape index (κ1) is 44.7. The van der Waals surface area contributed by atoms with E-state index in [2.05, 4.69) is 43.2 Å². The first-order chi connectivity index (χ1) is 33.4. The van der Waals surface area contributed by atoms with Gasteiger partial charge < -0.3 is 40.0 Å². The Morgan fingerprint density at radius 2 is 1.68 bits per heavy atom. The van der Waals surface area contributed by atoms with Gasteiger partial charge in [0.25, 0.3) is 0 Å². The third kappa shape index (κ3) is 8.26. The van der Waals surface area contributed by atoms with Crippen LogP contribution in [-0.4, -0.2) is 112 Å². The number of phenols is 1. The maximum absolute atomic E-state index is 17.1. The van der Waals surface area contributed by atoms with Gasteiger partial charge in [0.2, 0.25) is 0 Å². The number of pyridine rings is 1. The Kier molecular flexibility index (Phi) is 11.1. The van der Waals surface area contributed by atoms with Gasteiger partial charge in [0, 0.05) is 66.0 Å². The number of ether oxygens (including phenoxy) is 1. The molecule has 0 radical (unpaired) electrons. The Morgan fingerprint density at radius 3 is 2.36 bits per heavy atom. The van der Waals surface area contributed by atoms with Gasteiger partial charge in [0.1, 0.15) is 40.7 Å². The summed E-state index contributed by atoms with van der Waals surface area (Å²) in [6.07, 6.45) is 20.9. The van der Waals surface area contributed by atoms with Crippen molar-refractivity contribution in [2.45, 2.75) is 114 Å². The van der Waals surface area contributed by atoms with Crippen LogP contribution in [-0.2, 0) is 4.79 Å². The van der Waals surface area contributed by atoms with E-state index in [0.717, 1.165) is 95.9 Å². The van der Waals surface area contributed by atoms with Crippen LogP contribution < -0.4 is 20.3 Å². The summed E-state index contributed by atoms with van der Waals surface area (Å²) in [7, 11) is 0. The lowest BCUT2D eigenvalue weighted by Gasteiger charge is -2.56. The van der Waals surface area contributed by atoms with Crippen LogP contribution in [0.25, 0.3) is 32.9 Å². The number of carbonyl (C=O) groups is 1. The lowest BCUT2D eigenvalue weighted by Crippen LogP contribution is -2.56. The molecule has 0 amide bonds. The van der Waals surface area contributed by atoms with Gasteiger partial charge in [0.15, 0.2) is 5.82 Å². The zero-order valence-electron chi connectivity index (χ0n) is 39.4. The smallest absolute Gasteiger partial charge is 0.319 e. The number of fused-ring (bicyclic) bond motifs is 4. The molecule has 14 heteroatoms. The molecule has 4 saturated heterocycles. The Labute approximate surface area is 401 Å². The molecule has 11 nitrogen and oxygen atoms in total. The number of nitrogens with one attached hydrogen (secondary N) is 2. The third-order valence-electron chi connectivity index (χ3n) is 17.4. The number of hydrogen-bond donors (Lipinski definition) is 3. The van der Waals surface area contributed by atoms with E-state index in [0.29, 0.717) is 71.4 Å². The summed E-state index contributed by atoms with van der Waals surface area (Å²) in [5.41, 5.74) is 1.41. The largest absolute Gasteiger partial charge is 0.508 e. The van der Waals surface area contributed by atoms with Crippen molar-refractivity contribution < 1.29 is 27.8 Å². The van der Waals surface area contributed by atoms with Crippen molar-refractivity contribution in [2.75, 3.05) is 62.6 Å². The molecule has 7 fully saturated rings. The molecule has 2 bridgehead atoms. The first-order valence-electron chi connectivity index (χ1n) is 25.3. The summed E-state index contributed by atoms with van der Waals surface area (Å²) in [4.78, 5) is 33.5. The Hall–Kier alpha value is -5.49. The highest BCUT2D eigenvalue weighted by atomic mass is 19.1. The number of likely N-dealkylation sites (tertiary alicyclic amines) is 2. The highest BCUT2D eigenvalue weighted by molar-refractivity contribution is 6.03. The molecule has 3 aliphatic carbocycles. The summed E-state index contributed by atoms with van der Waals surface area (Å²) in [6, 6.07) is 12.4. The summed E-state index contributed by atoms with van der Waals surface area (Å²) in [5, 5.41) is 18.9. The summed E-state index contributed by atoms with van der Waals surface area (Å²) in [6.45, 7) is 9.05. The van der Waals surface area contributed by atoms with Crippen molar-refractivity contribution in [3.63, 3.8) is 0 Å². The number of aromatic nitrogens is 3. The van der Waals surface area contributed by atoms with Crippen LogP contribution in [0.15, 0.2) is 48.7 Å². The lowest BCUT2D eigenvalue weighted by molar-refractivity contribution is -0.115. The number of nitrogens with zero attached hydrogens (tertiary/aromatic N) is 6. The first-order valence-corrected chi connectivity index (χ1v) is 25.3. The average Bonchev–Trinajstić information content (AvgIpc) is 4.02. The SMILES string of the molecule is C#Cc1c(F)ccc2cc(O)cc(-c3ncc4c(N5CC6CCC(C5)N6)nc(OCC5(CN6CCC7(CC6)CC(N6CCC(c8ccc(NC9(C=O)CC(C)C9)cc8F)CC6)C7)CC5)nc4c3F)c12. The molecule has 5 aromatic rings. The van der Waals surface area contributed by atoms with E-state index in [-0.39, 0.29) is 56.6 Å². The van der Waals surface area contributed by atoms with E-state index in [1.54, 1.807) is 12.3 Å². The molecule has 69 heavy (non-hydrogen) atoms. The van der Waals surface area contributed by atoms with Crippen molar-refractivity contribution in [1.29, 1.82) is 0 Å². The standard InChI is InChI=1S/C55H61F3N8O3/c1-3-41-45(56)9-4-35-20-40(68)22-43(47(35)41)49-48(58)50-44(27-59-49)51(66-28-37-5-6-38(29-66)60-37)62-52(61-50)69-32-54(12-13-54)30-64-18-14-53(15-19-64)25-39(26-53)65-16-10-34(11-17-65)42-8-7-36(21-46(42)57)63-55(31-67)23-33(2)24-55/h1,4,7-9,20-22,27,31,33-34,37-39,60,63,68H,5-6,10-19,23-26,28-30,32H2,2H3. The van der Waals surface area contributed by atoms with Crippen molar-refractivity contribution in [3.8, 4) is 35.4 Å². The fraction of sp³-hybridized carbons (Fsp3) is 0.527. The van der Waals surface area contributed by atoms with Crippen molar-refractivity contribution in [1.82, 2.24) is 30.1 Å². The number of rotatable bonds is 12. The van der Waals surface area contributed by atoms with Gasteiger partial charge in [-0.1, -0.05) is 25.0 Å². The minimum Gasteiger partial charge on any atom is -0.508 e. The van der Waals surface area contributed by atoms with Gasteiger partial charge in [-0.2, -0.15) is 9.97 Å². The quantitative estimate of drug-likeness (QED) is 0.0823. The number of piperidine rings is 2. The number of halogens is 3. The van der Waals surface area contributed by atoms with Gasteiger partial charge in [0.05, 0.1) is 23.1 Å². The van der Waals surface area contributed by atoms with Gasteiger partial charge in [-0.25, -0.2) is 13.2 Å². The zero-order valence-corrected chi connectivity index (χ0v) is 39.4. The lowest BCUT2D eigenvalue weighted by atomic mass is 9.59. The number of piperazine rings is 1. The van der Waals surface area contributed by atoms with E-state index in [1.165, 1.54) is 49.9 Å². The molecule has 3 saturated carbocycles. The molecule has 12 rings (SSSR count). The number of phenolic OH excluding ortho intramolecular Hbond substituents is 1. The molecule has 2 unspecified atom stereocenters. The minimum absolute atomic E-state index is 0.0228. The molecular formula is C55H61F3N8O3. The predicted molar refractivity (Wildman–Crippen MR) is 261 cm³/mol. The molecule has 2 aromatic heterocycles. The van der Waals surface area contributed by atoms with Crippen LogP contribution in [0, 0.1) is 46.5 Å². The molecule has 360 valence electrons. The van der Waals surface area contributed by atoms with E-state index < -0.39 is 17.2 Å². The number of aromatic hydroxyl groups is 1. The summed E-state index contributed by atoms with van der Waals surface area (Å²) < 4.78 is 54.2. The monoisotopic (exact) mass is 938 g/mol. The topological polar surface area (TPSA) is 119 Å². The second-order valence-corrected chi connectivity index (χ2v) is 22.3. The van der Waals surface area contributed by atoms with Crippen LogP contribution in [0.3, 0.4) is 0 Å². The predicted octanol–water partition coefficient (Wildman–Crippen LogP) is 8.95. The minimum atomic E-state index is -0.719. The van der Waals surface area contributed by atoms with Gasteiger partial charge >= 0.3 is 6.01 Å². The molecule has 3 aromatic carbocycles. The Bertz CT molecular complexity index is 2860. The van der Waals surface area contributed by atoms with Gasteiger partial charge in [-0.15, -0.1) is 6.42 Å². The summed E-state index contributed by atoms with van der Waals surface area (Å²) in [5.74, 6) is 2.09. The molecule has 6 heterocycles. The van der Waals surface area contributed by atoms with E-state index in [4.69, 9.17) is 21.1 Å². The van der Waals surface area contributed by atoms with Gasteiger partial charge in [-0.3, -0.25) is 4.98 Å². The number of anilines is 2. The van der Waals surface area contributed by atoms with E-state index in [1.807, 2.05) is 12.1 Å². The third-order valence-corrected chi connectivity index (χ3v) is 17.4. The highest BCUT2D eigenvalue weighted by Crippen LogP contribution is 2.54. The van der Waals surface area contributed by atoms with Crippen molar-refractivity contribution >= 4 is 39.5 Å². The number of benzene rings is 3. The second kappa shape index (κ2) is 17.1. The molecule has 3 N–H and O–H groups in total. The molecular weight excluding hydrogens is 878 g/mol. The fourth-order valence-electron chi connectivity index (χ4n) is 13.5. The van der Waals surface area contributed by atoms with Crippen LogP contribution in [0.2, 0.25) is 0 Å². The molecule has 4 aliphatic heterocycles. The van der Waals surface area contributed by atoms with Gasteiger partial charge in [-0.05, 0) is 162 Å². The molecule has 2 atom stereocenters.